The van der Waals surface area contributed by atoms with E-state index in [0.717, 1.165) is 16.9 Å². The van der Waals surface area contributed by atoms with E-state index in [-0.39, 0.29) is 6.10 Å². The lowest BCUT2D eigenvalue weighted by atomic mass is 9.84. The number of halogens is 1. The van der Waals surface area contributed by atoms with Gasteiger partial charge in [0.25, 0.3) is 0 Å². The maximum absolute atomic E-state index is 6.48. The van der Waals surface area contributed by atoms with Crippen LogP contribution in [0.15, 0.2) is 28.7 Å². The van der Waals surface area contributed by atoms with Crippen molar-refractivity contribution >= 4 is 15.9 Å². The Bertz CT molecular complexity index is 392. The zero-order valence-corrected chi connectivity index (χ0v) is 14.2. The summed E-state index contributed by atoms with van der Waals surface area (Å²) < 4.78 is 7.60. The second-order valence-corrected chi connectivity index (χ2v) is 6.64. The topological polar surface area (TPSA) is 21.3 Å². The fourth-order valence-corrected chi connectivity index (χ4v) is 3.40. The molecule has 0 aromatic heterocycles. The van der Waals surface area contributed by atoms with Crippen molar-refractivity contribution in [3.05, 3.63) is 34.3 Å². The molecule has 0 saturated heterocycles. The molecule has 0 aliphatic heterocycles. The van der Waals surface area contributed by atoms with Crippen LogP contribution in [0.1, 0.15) is 50.7 Å². The summed E-state index contributed by atoms with van der Waals surface area (Å²) in [7, 11) is 1.99. The van der Waals surface area contributed by atoms with Gasteiger partial charge in [-0.2, -0.15) is 0 Å². The van der Waals surface area contributed by atoms with Crippen molar-refractivity contribution in [1.82, 2.24) is 5.32 Å². The van der Waals surface area contributed by atoms with Crippen LogP contribution in [0.4, 0.5) is 0 Å². The number of rotatable bonds is 6. The van der Waals surface area contributed by atoms with Gasteiger partial charge in [0.15, 0.2) is 0 Å². The molecule has 1 fully saturated rings. The summed E-state index contributed by atoms with van der Waals surface area (Å²) in [6, 6.07) is 8.52. The molecule has 1 aliphatic rings. The maximum Gasteiger partial charge on any atom is 0.0953 e. The predicted molar refractivity (Wildman–Crippen MR) is 87.9 cm³/mol. The third-order valence-corrected chi connectivity index (χ3v) is 4.86. The van der Waals surface area contributed by atoms with Crippen LogP contribution in [-0.4, -0.2) is 19.7 Å². The summed E-state index contributed by atoms with van der Waals surface area (Å²) in [5.74, 6) is 0.735. The zero-order chi connectivity index (χ0) is 14.4. The Kier molecular flexibility index (Phi) is 6.53. The first-order valence-electron chi connectivity index (χ1n) is 7.80. The highest BCUT2D eigenvalue weighted by molar-refractivity contribution is 9.10. The van der Waals surface area contributed by atoms with E-state index < -0.39 is 0 Å². The lowest BCUT2D eigenvalue weighted by Gasteiger charge is -2.34. The van der Waals surface area contributed by atoms with E-state index in [9.17, 15) is 0 Å². The lowest BCUT2D eigenvalue weighted by molar-refractivity contribution is -0.0610. The Morgan fingerprint density at radius 3 is 2.60 bits per heavy atom. The molecule has 2 rings (SSSR count). The Hall–Kier alpha value is -0.380. The molecule has 3 heteroatoms. The summed E-state index contributed by atoms with van der Waals surface area (Å²) in [4.78, 5) is 0. The molecule has 20 heavy (non-hydrogen) atoms. The van der Waals surface area contributed by atoms with E-state index in [4.69, 9.17) is 4.74 Å². The van der Waals surface area contributed by atoms with E-state index in [1.807, 2.05) is 7.05 Å². The van der Waals surface area contributed by atoms with Gasteiger partial charge in [-0.15, -0.1) is 0 Å². The first-order valence-corrected chi connectivity index (χ1v) is 8.59. The molecule has 0 radical (unpaired) electrons. The largest absolute Gasteiger partial charge is 0.369 e. The number of likely N-dealkylation sites (N-methyl/N-ethyl adjacent to an activating group) is 1. The van der Waals surface area contributed by atoms with Gasteiger partial charge >= 0.3 is 0 Å². The molecule has 3 atom stereocenters. The summed E-state index contributed by atoms with van der Waals surface area (Å²) in [6.45, 7) is 3.16. The summed E-state index contributed by atoms with van der Waals surface area (Å²) in [5, 5.41) is 3.27. The second kappa shape index (κ2) is 8.16. The molecular weight excluding hydrogens is 314 g/mol. The van der Waals surface area contributed by atoms with Crippen LogP contribution < -0.4 is 5.32 Å². The average molecular weight is 340 g/mol. The molecule has 1 saturated carbocycles. The van der Waals surface area contributed by atoms with Gasteiger partial charge in [0.1, 0.15) is 0 Å². The van der Waals surface area contributed by atoms with Crippen molar-refractivity contribution in [2.24, 2.45) is 5.92 Å². The number of nitrogens with one attached hydrogen (secondary N) is 1. The van der Waals surface area contributed by atoms with Crippen LogP contribution in [0.5, 0.6) is 0 Å². The molecular formula is C17H26BrNO. The van der Waals surface area contributed by atoms with E-state index in [1.54, 1.807) is 0 Å². The van der Waals surface area contributed by atoms with Crippen LogP contribution in [0.2, 0.25) is 0 Å². The summed E-state index contributed by atoms with van der Waals surface area (Å²) >= 11 is 3.50. The van der Waals surface area contributed by atoms with Crippen molar-refractivity contribution in [2.75, 3.05) is 13.6 Å². The SMILES string of the molecule is CCC1CCCCC1OC(CNC)c1ccc(Br)cc1. The van der Waals surface area contributed by atoms with Crippen LogP contribution in [0.25, 0.3) is 0 Å². The molecule has 0 bridgehead atoms. The van der Waals surface area contributed by atoms with E-state index >= 15 is 0 Å². The number of ether oxygens (including phenoxy) is 1. The highest BCUT2D eigenvalue weighted by Gasteiger charge is 2.27. The molecule has 0 amide bonds. The Morgan fingerprint density at radius 2 is 1.95 bits per heavy atom. The number of benzene rings is 1. The minimum absolute atomic E-state index is 0.158. The minimum atomic E-state index is 0.158. The molecule has 1 aliphatic carbocycles. The van der Waals surface area contributed by atoms with Gasteiger partial charge in [-0.25, -0.2) is 0 Å². The highest BCUT2D eigenvalue weighted by Crippen LogP contribution is 2.33. The van der Waals surface area contributed by atoms with Crippen molar-refractivity contribution in [3.63, 3.8) is 0 Å². The van der Waals surface area contributed by atoms with E-state index in [0.29, 0.717) is 6.10 Å². The fourth-order valence-electron chi connectivity index (χ4n) is 3.14. The maximum atomic E-state index is 6.48. The number of hydrogen-bond donors (Lipinski definition) is 1. The molecule has 2 nitrogen and oxygen atoms in total. The van der Waals surface area contributed by atoms with E-state index in [1.165, 1.54) is 37.7 Å². The standard InChI is InChI=1S/C17H26BrNO/c1-3-13-6-4-5-7-16(13)20-17(12-19-2)14-8-10-15(18)11-9-14/h8-11,13,16-17,19H,3-7,12H2,1-2H3. The average Bonchev–Trinajstić information content (AvgIpc) is 2.48. The Morgan fingerprint density at radius 1 is 1.25 bits per heavy atom. The van der Waals surface area contributed by atoms with Crippen molar-refractivity contribution in [2.45, 2.75) is 51.2 Å². The molecule has 3 unspecified atom stereocenters. The number of hydrogen-bond acceptors (Lipinski definition) is 2. The molecule has 1 aromatic rings. The van der Waals surface area contributed by atoms with Crippen LogP contribution in [0.3, 0.4) is 0 Å². The predicted octanol–water partition coefficient (Wildman–Crippen LogP) is 4.70. The van der Waals surface area contributed by atoms with Gasteiger partial charge in [0, 0.05) is 11.0 Å². The fraction of sp³-hybridized carbons (Fsp3) is 0.647. The van der Waals surface area contributed by atoms with Gasteiger partial charge in [0.2, 0.25) is 0 Å². The smallest absolute Gasteiger partial charge is 0.0953 e. The van der Waals surface area contributed by atoms with Gasteiger partial charge in [-0.3, -0.25) is 0 Å². The monoisotopic (exact) mass is 339 g/mol. The first kappa shape index (κ1) is 16.0. The third-order valence-electron chi connectivity index (χ3n) is 4.33. The van der Waals surface area contributed by atoms with Crippen LogP contribution >= 0.6 is 15.9 Å². The van der Waals surface area contributed by atoms with Gasteiger partial charge in [0.05, 0.1) is 12.2 Å². The lowest BCUT2D eigenvalue weighted by Crippen LogP contribution is -2.31. The van der Waals surface area contributed by atoms with Crippen molar-refractivity contribution < 1.29 is 4.74 Å². The Balaban J connectivity index is 2.06. The van der Waals surface area contributed by atoms with Gasteiger partial charge < -0.3 is 10.1 Å². The zero-order valence-electron chi connectivity index (χ0n) is 12.6. The molecule has 112 valence electrons. The highest BCUT2D eigenvalue weighted by atomic mass is 79.9. The first-order chi connectivity index (χ1) is 9.74. The van der Waals surface area contributed by atoms with Crippen LogP contribution in [-0.2, 0) is 4.74 Å². The molecule has 1 N–H and O–H groups in total. The quantitative estimate of drug-likeness (QED) is 0.811. The van der Waals surface area contributed by atoms with Crippen molar-refractivity contribution in [3.8, 4) is 0 Å². The molecule has 0 heterocycles. The van der Waals surface area contributed by atoms with Crippen LogP contribution in [0, 0.1) is 5.92 Å². The Labute approximate surface area is 131 Å². The summed E-state index contributed by atoms with van der Waals surface area (Å²) in [6.07, 6.45) is 7.04. The minimum Gasteiger partial charge on any atom is -0.369 e. The molecule has 1 aromatic carbocycles. The van der Waals surface area contributed by atoms with E-state index in [2.05, 4.69) is 52.4 Å². The van der Waals surface area contributed by atoms with Gasteiger partial charge in [-0.1, -0.05) is 54.2 Å². The second-order valence-electron chi connectivity index (χ2n) is 5.73. The molecule has 0 spiro atoms. The summed E-state index contributed by atoms with van der Waals surface area (Å²) in [5.41, 5.74) is 1.27. The third kappa shape index (κ3) is 4.31. The van der Waals surface area contributed by atoms with Gasteiger partial charge in [-0.05, 0) is 43.5 Å². The van der Waals surface area contributed by atoms with Crippen molar-refractivity contribution in [1.29, 1.82) is 0 Å². The normalized spacial score (nSPS) is 24.6.